The molecule has 1 aliphatic rings. The highest BCUT2D eigenvalue weighted by Gasteiger charge is 2.13. The Morgan fingerprint density at radius 3 is 2.83 bits per heavy atom. The normalized spacial score (nSPS) is 15.7. The second-order valence-electron chi connectivity index (χ2n) is 5.89. The van der Waals surface area contributed by atoms with Crippen molar-refractivity contribution < 1.29 is 4.79 Å². The summed E-state index contributed by atoms with van der Waals surface area (Å²) in [5.41, 5.74) is 2.81. The van der Waals surface area contributed by atoms with Crippen molar-refractivity contribution in [2.45, 2.75) is 38.1 Å². The molecule has 1 N–H and O–H groups in total. The predicted octanol–water partition coefficient (Wildman–Crippen LogP) is 4.10. The molecule has 23 heavy (non-hydrogen) atoms. The standard InChI is InChI=1S/C19H21N3O/c23-11-5-7-15-6-4-8-16(12-15)18-13-20-14-19(22-18)21-17-9-2-1-3-10-17/h4-8,11-14,17H,1-3,9-10H2,(H,21,22)/b7-5+. The number of hydrogen-bond donors (Lipinski definition) is 1. The molecular formula is C19H21N3O. The fourth-order valence-electron chi connectivity index (χ4n) is 2.98. The summed E-state index contributed by atoms with van der Waals surface area (Å²) in [5, 5.41) is 3.51. The van der Waals surface area contributed by atoms with Crippen molar-refractivity contribution in [2.24, 2.45) is 0 Å². The molecule has 0 atom stereocenters. The molecule has 0 aliphatic heterocycles. The summed E-state index contributed by atoms with van der Waals surface area (Å²) >= 11 is 0. The van der Waals surface area contributed by atoms with Crippen molar-refractivity contribution in [3.63, 3.8) is 0 Å². The van der Waals surface area contributed by atoms with Gasteiger partial charge in [-0.25, -0.2) is 4.98 Å². The van der Waals surface area contributed by atoms with Crippen LogP contribution in [0, 0.1) is 0 Å². The van der Waals surface area contributed by atoms with Gasteiger partial charge in [0.25, 0.3) is 0 Å². The molecule has 1 aromatic carbocycles. The second kappa shape index (κ2) is 7.68. The minimum Gasteiger partial charge on any atom is -0.366 e. The summed E-state index contributed by atoms with van der Waals surface area (Å²) in [6.07, 6.45) is 13.9. The minimum atomic E-state index is 0.509. The number of aromatic nitrogens is 2. The van der Waals surface area contributed by atoms with Gasteiger partial charge in [-0.2, -0.15) is 0 Å². The highest BCUT2D eigenvalue weighted by atomic mass is 16.1. The van der Waals surface area contributed by atoms with Crippen LogP contribution in [0.1, 0.15) is 37.7 Å². The average molecular weight is 307 g/mol. The van der Waals surface area contributed by atoms with E-state index in [2.05, 4.69) is 10.3 Å². The molecule has 2 aromatic rings. The third kappa shape index (κ3) is 4.25. The average Bonchev–Trinajstić information content (AvgIpc) is 2.61. The fourth-order valence-corrected chi connectivity index (χ4v) is 2.98. The molecule has 0 spiro atoms. The van der Waals surface area contributed by atoms with Crippen LogP contribution in [0.4, 0.5) is 5.82 Å². The molecule has 1 heterocycles. The number of allylic oxidation sites excluding steroid dienone is 1. The van der Waals surface area contributed by atoms with Crippen LogP contribution in [0.3, 0.4) is 0 Å². The van der Waals surface area contributed by atoms with Gasteiger partial charge in [-0.15, -0.1) is 0 Å². The summed E-state index contributed by atoms with van der Waals surface area (Å²) in [5.74, 6) is 0.836. The van der Waals surface area contributed by atoms with Gasteiger partial charge >= 0.3 is 0 Å². The van der Waals surface area contributed by atoms with Crippen molar-refractivity contribution in [3.05, 3.63) is 48.3 Å². The van der Waals surface area contributed by atoms with E-state index in [1.54, 1.807) is 18.5 Å². The summed E-state index contributed by atoms with van der Waals surface area (Å²) in [4.78, 5) is 19.5. The Labute approximate surface area is 136 Å². The first kappa shape index (κ1) is 15.4. The quantitative estimate of drug-likeness (QED) is 0.667. The summed E-state index contributed by atoms with van der Waals surface area (Å²) in [6.45, 7) is 0. The fraction of sp³-hybridized carbons (Fsp3) is 0.316. The number of aldehydes is 1. The number of anilines is 1. The van der Waals surface area contributed by atoms with Crippen LogP contribution in [0.15, 0.2) is 42.7 Å². The van der Waals surface area contributed by atoms with E-state index in [1.807, 2.05) is 24.3 Å². The third-order valence-electron chi connectivity index (χ3n) is 4.14. The van der Waals surface area contributed by atoms with E-state index in [-0.39, 0.29) is 0 Å². The molecule has 1 fully saturated rings. The van der Waals surface area contributed by atoms with Crippen LogP contribution < -0.4 is 5.32 Å². The number of rotatable bonds is 5. The minimum absolute atomic E-state index is 0.509. The van der Waals surface area contributed by atoms with Crippen LogP contribution in [0.5, 0.6) is 0 Å². The highest BCUT2D eigenvalue weighted by Crippen LogP contribution is 2.23. The van der Waals surface area contributed by atoms with Crippen molar-refractivity contribution >= 4 is 18.2 Å². The van der Waals surface area contributed by atoms with Crippen molar-refractivity contribution in [2.75, 3.05) is 5.32 Å². The van der Waals surface area contributed by atoms with Gasteiger partial charge in [-0.1, -0.05) is 43.5 Å². The van der Waals surface area contributed by atoms with Crippen LogP contribution in [-0.4, -0.2) is 22.3 Å². The molecule has 1 aliphatic carbocycles. The molecule has 0 unspecified atom stereocenters. The van der Waals surface area contributed by atoms with Gasteiger partial charge in [-0.05, 0) is 30.5 Å². The van der Waals surface area contributed by atoms with Crippen LogP contribution in [0.25, 0.3) is 17.3 Å². The zero-order valence-corrected chi connectivity index (χ0v) is 13.1. The maximum Gasteiger partial charge on any atom is 0.145 e. The SMILES string of the molecule is O=C/C=C/c1cccc(-c2cncc(NC3CCCCC3)n2)c1. The summed E-state index contributed by atoms with van der Waals surface area (Å²) in [7, 11) is 0. The Morgan fingerprint density at radius 1 is 1.13 bits per heavy atom. The Kier molecular flexibility index (Phi) is 5.14. The topological polar surface area (TPSA) is 54.9 Å². The number of carbonyl (C=O) groups is 1. The van der Waals surface area contributed by atoms with E-state index >= 15 is 0 Å². The molecule has 1 aromatic heterocycles. The highest BCUT2D eigenvalue weighted by molar-refractivity contribution is 5.75. The monoisotopic (exact) mass is 307 g/mol. The van der Waals surface area contributed by atoms with E-state index in [1.165, 1.54) is 38.2 Å². The van der Waals surface area contributed by atoms with Gasteiger partial charge in [-0.3, -0.25) is 9.78 Å². The molecule has 118 valence electrons. The third-order valence-corrected chi connectivity index (χ3v) is 4.14. The van der Waals surface area contributed by atoms with Crippen LogP contribution >= 0.6 is 0 Å². The molecule has 1 saturated carbocycles. The molecule has 0 bridgehead atoms. The molecule has 0 amide bonds. The van der Waals surface area contributed by atoms with Gasteiger partial charge in [0, 0.05) is 11.6 Å². The summed E-state index contributed by atoms with van der Waals surface area (Å²) in [6, 6.07) is 8.44. The van der Waals surface area contributed by atoms with Crippen molar-refractivity contribution in [1.29, 1.82) is 0 Å². The Bertz CT molecular complexity index is 691. The van der Waals surface area contributed by atoms with Crippen molar-refractivity contribution in [1.82, 2.24) is 9.97 Å². The summed E-state index contributed by atoms with van der Waals surface area (Å²) < 4.78 is 0. The van der Waals surface area contributed by atoms with E-state index in [0.29, 0.717) is 6.04 Å². The smallest absolute Gasteiger partial charge is 0.145 e. The van der Waals surface area contributed by atoms with Gasteiger partial charge < -0.3 is 5.32 Å². The van der Waals surface area contributed by atoms with Crippen LogP contribution in [0.2, 0.25) is 0 Å². The first-order chi connectivity index (χ1) is 11.3. The molecule has 0 saturated heterocycles. The molecular weight excluding hydrogens is 286 g/mol. The maximum absolute atomic E-state index is 10.4. The number of nitrogens with zero attached hydrogens (tertiary/aromatic N) is 2. The van der Waals surface area contributed by atoms with Gasteiger partial charge in [0.1, 0.15) is 12.1 Å². The lowest BCUT2D eigenvalue weighted by atomic mass is 9.95. The number of nitrogens with one attached hydrogen (secondary N) is 1. The molecule has 3 rings (SSSR count). The Balaban J connectivity index is 1.78. The van der Waals surface area contributed by atoms with Gasteiger partial charge in [0.2, 0.25) is 0 Å². The number of benzene rings is 1. The largest absolute Gasteiger partial charge is 0.366 e. The zero-order chi connectivity index (χ0) is 15.9. The second-order valence-corrected chi connectivity index (χ2v) is 5.89. The van der Waals surface area contributed by atoms with E-state index in [9.17, 15) is 4.79 Å². The molecule has 4 heteroatoms. The Morgan fingerprint density at radius 2 is 2.00 bits per heavy atom. The lowest BCUT2D eigenvalue weighted by Gasteiger charge is -2.23. The van der Waals surface area contributed by atoms with E-state index < -0.39 is 0 Å². The van der Waals surface area contributed by atoms with Crippen molar-refractivity contribution in [3.8, 4) is 11.3 Å². The van der Waals surface area contributed by atoms with E-state index in [0.717, 1.165) is 28.9 Å². The maximum atomic E-state index is 10.4. The predicted molar refractivity (Wildman–Crippen MR) is 93.1 cm³/mol. The van der Waals surface area contributed by atoms with Gasteiger partial charge in [0.15, 0.2) is 0 Å². The lowest BCUT2D eigenvalue weighted by molar-refractivity contribution is -0.104. The molecule has 4 nitrogen and oxygen atoms in total. The van der Waals surface area contributed by atoms with Gasteiger partial charge in [0.05, 0.1) is 18.1 Å². The number of hydrogen-bond acceptors (Lipinski definition) is 4. The zero-order valence-electron chi connectivity index (χ0n) is 13.1. The Hall–Kier alpha value is -2.49. The first-order valence-electron chi connectivity index (χ1n) is 8.16. The van der Waals surface area contributed by atoms with E-state index in [4.69, 9.17) is 4.98 Å². The van der Waals surface area contributed by atoms with Crippen LogP contribution in [-0.2, 0) is 4.79 Å². The first-order valence-corrected chi connectivity index (χ1v) is 8.16. The number of carbonyl (C=O) groups excluding carboxylic acids is 1. The molecule has 0 radical (unpaired) electrons. The lowest BCUT2D eigenvalue weighted by Crippen LogP contribution is -2.22.